The minimum atomic E-state index is 0.474. The number of imidazole rings is 1. The van der Waals surface area contributed by atoms with Crippen LogP contribution in [0.2, 0.25) is 0 Å². The molecule has 0 aromatic carbocycles. The SMILES string of the molecule is COC=C1C[C@@H](C)[C@@H](c2cnc3cnc4[nH]ccc4n23)C1. The van der Waals surface area contributed by atoms with Crippen molar-refractivity contribution in [2.45, 2.75) is 25.7 Å². The molecule has 2 atom stereocenters. The van der Waals surface area contributed by atoms with Gasteiger partial charge in [0.2, 0.25) is 0 Å². The Morgan fingerprint density at radius 2 is 2.24 bits per heavy atom. The average Bonchev–Trinajstić information content (AvgIpc) is 3.15. The normalized spacial score (nSPS) is 24.4. The number of nitrogens with zero attached hydrogens (tertiary/aromatic N) is 3. The summed E-state index contributed by atoms with van der Waals surface area (Å²) >= 11 is 0. The summed E-state index contributed by atoms with van der Waals surface area (Å²) in [6.45, 7) is 2.30. The highest BCUT2D eigenvalue weighted by atomic mass is 16.5. The van der Waals surface area contributed by atoms with Crippen molar-refractivity contribution in [1.29, 1.82) is 0 Å². The summed E-state index contributed by atoms with van der Waals surface area (Å²) in [4.78, 5) is 12.1. The Morgan fingerprint density at radius 1 is 1.33 bits per heavy atom. The second kappa shape index (κ2) is 4.62. The molecule has 3 heterocycles. The number of rotatable bonds is 2. The van der Waals surface area contributed by atoms with E-state index in [0.29, 0.717) is 11.8 Å². The van der Waals surface area contributed by atoms with Crippen LogP contribution in [-0.2, 0) is 4.74 Å². The second-order valence-corrected chi connectivity index (χ2v) is 5.85. The third-order valence-electron chi connectivity index (χ3n) is 4.49. The highest BCUT2D eigenvalue weighted by Crippen LogP contribution is 2.42. The minimum Gasteiger partial charge on any atom is -0.504 e. The molecule has 0 aliphatic heterocycles. The summed E-state index contributed by atoms with van der Waals surface area (Å²) in [5.74, 6) is 1.07. The fraction of sp³-hybridized carbons (Fsp3) is 0.375. The molecule has 0 saturated heterocycles. The van der Waals surface area contributed by atoms with Crippen molar-refractivity contribution in [1.82, 2.24) is 19.4 Å². The monoisotopic (exact) mass is 282 g/mol. The van der Waals surface area contributed by atoms with Gasteiger partial charge in [-0.05, 0) is 30.4 Å². The van der Waals surface area contributed by atoms with Gasteiger partial charge in [-0.3, -0.25) is 4.40 Å². The van der Waals surface area contributed by atoms with Crippen LogP contribution in [0.25, 0.3) is 16.8 Å². The molecule has 21 heavy (non-hydrogen) atoms. The predicted molar refractivity (Wildman–Crippen MR) is 81.1 cm³/mol. The van der Waals surface area contributed by atoms with Crippen LogP contribution in [0.15, 0.2) is 36.5 Å². The third-order valence-corrected chi connectivity index (χ3v) is 4.49. The third kappa shape index (κ3) is 1.84. The summed E-state index contributed by atoms with van der Waals surface area (Å²) < 4.78 is 7.42. The molecule has 0 spiro atoms. The van der Waals surface area contributed by atoms with Gasteiger partial charge < -0.3 is 9.72 Å². The standard InChI is InChI=1S/C16H18N4O/c1-10-5-11(9-21-2)6-12(10)14-7-18-15-8-19-16-13(20(14)15)3-4-17-16/h3-4,7-10,12,17H,5-6H2,1-2H3/t10-,12+/m1/s1. The van der Waals surface area contributed by atoms with E-state index in [0.717, 1.165) is 29.7 Å². The van der Waals surface area contributed by atoms with Crippen LogP contribution in [0.4, 0.5) is 0 Å². The van der Waals surface area contributed by atoms with Gasteiger partial charge in [0.1, 0.15) is 0 Å². The predicted octanol–water partition coefficient (Wildman–Crippen LogP) is 3.25. The fourth-order valence-corrected chi connectivity index (χ4v) is 3.54. The molecule has 0 amide bonds. The van der Waals surface area contributed by atoms with E-state index in [1.807, 2.05) is 24.9 Å². The quantitative estimate of drug-likeness (QED) is 0.734. The van der Waals surface area contributed by atoms with E-state index in [1.54, 1.807) is 7.11 Å². The zero-order chi connectivity index (χ0) is 14.4. The molecule has 5 heteroatoms. The van der Waals surface area contributed by atoms with Crippen molar-refractivity contribution in [3.8, 4) is 0 Å². The van der Waals surface area contributed by atoms with E-state index in [2.05, 4.69) is 32.3 Å². The van der Waals surface area contributed by atoms with Gasteiger partial charge in [0, 0.05) is 24.0 Å². The Kier molecular flexibility index (Phi) is 2.74. The van der Waals surface area contributed by atoms with Gasteiger partial charge in [0.05, 0.1) is 25.1 Å². The molecule has 0 unspecified atom stereocenters. The Hall–Kier alpha value is -2.30. The number of H-pyrrole nitrogens is 1. The number of nitrogens with one attached hydrogen (secondary N) is 1. The van der Waals surface area contributed by atoms with Gasteiger partial charge in [0.25, 0.3) is 0 Å². The highest BCUT2D eigenvalue weighted by Gasteiger charge is 2.31. The number of allylic oxidation sites excluding steroid dienone is 1. The molecule has 108 valence electrons. The molecule has 3 aromatic heterocycles. The van der Waals surface area contributed by atoms with Gasteiger partial charge in [-0.25, -0.2) is 9.97 Å². The lowest BCUT2D eigenvalue weighted by molar-refractivity contribution is 0.332. The van der Waals surface area contributed by atoms with Crippen LogP contribution >= 0.6 is 0 Å². The van der Waals surface area contributed by atoms with Crippen LogP contribution in [0.3, 0.4) is 0 Å². The molecular weight excluding hydrogens is 264 g/mol. The van der Waals surface area contributed by atoms with Crippen molar-refractivity contribution >= 4 is 16.8 Å². The molecule has 3 aromatic rings. The second-order valence-electron chi connectivity index (χ2n) is 5.85. The number of methoxy groups -OCH3 is 1. The molecule has 0 radical (unpaired) electrons. The topological polar surface area (TPSA) is 55.2 Å². The number of hydrogen-bond acceptors (Lipinski definition) is 3. The molecule has 4 rings (SSSR count). The summed E-state index contributed by atoms with van der Waals surface area (Å²) in [6, 6.07) is 2.06. The van der Waals surface area contributed by atoms with Crippen molar-refractivity contribution in [3.63, 3.8) is 0 Å². The molecule has 5 nitrogen and oxygen atoms in total. The van der Waals surface area contributed by atoms with Crippen LogP contribution in [0, 0.1) is 5.92 Å². The van der Waals surface area contributed by atoms with Crippen LogP contribution in [0.1, 0.15) is 31.4 Å². The maximum atomic E-state index is 5.19. The van der Waals surface area contributed by atoms with Gasteiger partial charge in [0.15, 0.2) is 11.3 Å². The zero-order valence-electron chi connectivity index (χ0n) is 12.2. The van der Waals surface area contributed by atoms with Crippen molar-refractivity contribution in [2.75, 3.05) is 7.11 Å². The van der Waals surface area contributed by atoms with Crippen LogP contribution in [0.5, 0.6) is 0 Å². The first-order valence-corrected chi connectivity index (χ1v) is 7.28. The van der Waals surface area contributed by atoms with Gasteiger partial charge in [-0.15, -0.1) is 0 Å². The number of fused-ring (bicyclic) bond motifs is 3. The summed E-state index contributed by atoms with van der Waals surface area (Å²) in [5, 5.41) is 0. The van der Waals surface area contributed by atoms with E-state index in [9.17, 15) is 0 Å². The van der Waals surface area contributed by atoms with Gasteiger partial charge >= 0.3 is 0 Å². The Labute approximate surface area is 122 Å². The number of hydrogen-bond donors (Lipinski definition) is 1. The molecule has 1 saturated carbocycles. The Bertz CT molecular complexity index is 829. The first-order valence-electron chi connectivity index (χ1n) is 7.28. The molecule has 0 bridgehead atoms. The van der Waals surface area contributed by atoms with Gasteiger partial charge in [-0.2, -0.15) is 0 Å². The maximum Gasteiger partial charge on any atom is 0.156 e. The van der Waals surface area contributed by atoms with Crippen molar-refractivity contribution in [2.24, 2.45) is 5.92 Å². The Balaban J connectivity index is 1.87. The number of aromatic amines is 1. The van der Waals surface area contributed by atoms with E-state index in [1.165, 1.54) is 11.3 Å². The smallest absolute Gasteiger partial charge is 0.156 e. The maximum absolute atomic E-state index is 5.19. The highest BCUT2D eigenvalue weighted by molar-refractivity contribution is 5.74. The van der Waals surface area contributed by atoms with Crippen LogP contribution < -0.4 is 0 Å². The van der Waals surface area contributed by atoms with E-state index >= 15 is 0 Å². The lowest BCUT2D eigenvalue weighted by atomic mass is 9.95. The molecular formula is C16H18N4O. The minimum absolute atomic E-state index is 0.474. The van der Waals surface area contributed by atoms with E-state index < -0.39 is 0 Å². The summed E-state index contributed by atoms with van der Waals surface area (Å²) in [6.07, 6.45) is 9.78. The average molecular weight is 282 g/mol. The number of aromatic nitrogens is 4. The molecule has 1 aliphatic carbocycles. The van der Waals surface area contributed by atoms with Gasteiger partial charge in [-0.1, -0.05) is 6.92 Å². The first-order chi connectivity index (χ1) is 10.3. The fourth-order valence-electron chi connectivity index (χ4n) is 3.54. The summed E-state index contributed by atoms with van der Waals surface area (Å²) in [5.41, 5.74) is 5.55. The summed E-state index contributed by atoms with van der Waals surface area (Å²) in [7, 11) is 1.72. The Morgan fingerprint density at radius 3 is 3.10 bits per heavy atom. The van der Waals surface area contributed by atoms with E-state index in [4.69, 9.17) is 4.74 Å². The molecule has 1 N–H and O–H groups in total. The number of ether oxygens (including phenoxy) is 1. The van der Waals surface area contributed by atoms with Crippen LogP contribution in [-0.4, -0.2) is 26.5 Å². The molecule has 1 fully saturated rings. The lowest BCUT2D eigenvalue weighted by Crippen LogP contribution is -2.06. The lowest BCUT2D eigenvalue weighted by Gasteiger charge is -2.14. The van der Waals surface area contributed by atoms with Crippen molar-refractivity contribution < 1.29 is 4.74 Å². The zero-order valence-corrected chi connectivity index (χ0v) is 12.2. The largest absolute Gasteiger partial charge is 0.504 e. The van der Waals surface area contributed by atoms with E-state index in [-0.39, 0.29) is 0 Å². The molecule has 1 aliphatic rings. The first kappa shape index (κ1) is 12.4. The van der Waals surface area contributed by atoms with Crippen molar-refractivity contribution in [3.05, 3.63) is 42.2 Å².